The van der Waals surface area contributed by atoms with Crippen LogP contribution in [0.4, 0.5) is 5.69 Å². The predicted molar refractivity (Wildman–Crippen MR) is 88.9 cm³/mol. The molecule has 104 valence electrons. The number of nitrogens with two attached hydrogens (primary N) is 1. The summed E-state index contributed by atoms with van der Waals surface area (Å²) in [5, 5.41) is 3.69. The fourth-order valence-corrected chi connectivity index (χ4v) is 2.50. The number of primary amides is 1. The number of hydrogen-bond acceptors (Lipinski definition) is 2. The number of nitrogens with one attached hydrogen (secondary N) is 1. The Bertz CT molecular complexity index is 632. The smallest absolute Gasteiger partial charge is 0.244 e. The topological polar surface area (TPSA) is 55.1 Å². The molecule has 0 spiro atoms. The average Bonchev–Trinajstić information content (AvgIpc) is 2.41. The van der Waals surface area contributed by atoms with E-state index in [0.29, 0.717) is 5.02 Å². The van der Waals surface area contributed by atoms with E-state index in [1.165, 1.54) is 0 Å². The second-order valence-electron chi connectivity index (χ2n) is 4.16. The lowest BCUT2D eigenvalue weighted by Crippen LogP contribution is -2.27. The molecule has 3 nitrogen and oxygen atoms in total. The van der Waals surface area contributed by atoms with E-state index in [0.717, 1.165) is 20.2 Å². The van der Waals surface area contributed by atoms with E-state index >= 15 is 0 Å². The van der Waals surface area contributed by atoms with Crippen LogP contribution in [0.3, 0.4) is 0 Å². The van der Waals surface area contributed by atoms with E-state index in [1.54, 1.807) is 18.2 Å². The van der Waals surface area contributed by atoms with Gasteiger partial charge in [-0.15, -0.1) is 0 Å². The van der Waals surface area contributed by atoms with Gasteiger partial charge >= 0.3 is 0 Å². The van der Waals surface area contributed by atoms with Gasteiger partial charge in [0.2, 0.25) is 5.91 Å². The molecule has 0 bridgehead atoms. The fraction of sp³-hybridized carbons (Fsp3) is 0.0714. The van der Waals surface area contributed by atoms with Gasteiger partial charge < -0.3 is 11.1 Å². The van der Waals surface area contributed by atoms with Crippen LogP contribution in [0.2, 0.25) is 5.02 Å². The van der Waals surface area contributed by atoms with Gasteiger partial charge in [0.1, 0.15) is 6.04 Å². The van der Waals surface area contributed by atoms with Crippen molar-refractivity contribution in [3.05, 3.63) is 62.0 Å². The van der Waals surface area contributed by atoms with Crippen molar-refractivity contribution in [2.75, 3.05) is 5.32 Å². The SMILES string of the molecule is NC(=O)C(Nc1ccc(Br)cc1)c1ccc(Cl)c(Br)c1. The van der Waals surface area contributed by atoms with E-state index in [4.69, 9.17) is 17.3 Å². The molecular weight excluding hydrogens is 407 g/mol. The minimum atomic E-state index is -0.621. The number of halogens is 3. The maximum atomic E-state index is 11.7. The van der Waals surface area contributed by atoms with Crippen LogP contribution in [0.1, 0.15) is 11.6 Å². The molecule has 2 aromatic carbocycles. The monoisotopic (exact) mass is 416 g/mol. The predicted octanol–water partition coefficient (Wildman–Crippen LogP) is 4.50. The second kappa shape index (κ2) is 6.61. The van der Waals surface area contributed by atoms with Crippen LogP contribution < -0.4 is 11.1 Å². The molecule has 0 aliphatic heterocycles. The van der Waals surface area contributed by atoms with Gasteiger partial charge in [-0.3, -0.25) is 4.79 Å². The molecule has 1 amide bonds. The maximum absolute atomic E-state index is 11.7. The summed E-state index contributed by atoms with van der Waals surface area (Å²) in [5.41, 5.74) is 7.03. The van der Waals surface area contributed by atoms with Crippen LogP contribution in [0.25, 0.3) is 0 Å². The van der Waals surface area contributed by atoms with Crippen LogP contribution >= 0.6 is 43.5 Å². The van der Waals surface area contributed by atoms with Gasteiger partial charge in [0, 0.05) is 14.6 Å². The summed E-state index contributed by atoms with van der Waals surface area (Å²) < 4.78 is 1.69. The van der Waals surface area contributed by atoms with Crippen molar-refractivity contribution in [3.63, 3.8) is 0 Å². The summed E-state index contributed by atoms with van der Waals surface area (Å²) in [6, 6.07) is 12.2. The standard InChI is InChI=1S/C14H11Br2ClN2O/c15-9-2-4-10(5-3-9)19-13(14(18)20)8-1-6-12(17)11(16)7-8/h1-7,13,19H,(H2,18,20). The molecule has 0 heterocycles. The highest BCUT2D eigenvalue weighted by Crippen LogP contribution is 2.28. The van der Waals surface area contributed by atoms with E-state index in [9.17, 15) is 4.79 Å². The van der Waals surface area contributed by atoms with Crippen molar-refractivity contribution in [2.24, 2.45) is 5.73 Å². The first kappa shape index (κ1) is 15.4. The summed E-state index contributed by atoms with van der Waals surface area (Å²) in [5.74, 6) is -0.456. The van der Waals surface area contributed by atoms with Crippen LogP contribution in [-0.2, 0) is 4.79 Å². The molecule has 3 N–H and O–H groups in total. The largest absolute Gasteiger partial charge is 0.370 e. The molecule has 0 saturated carbocycles. The third-order valence-corrected chi connectivity index (χ3v) is 4.46. The molecule has 0 fully saturated rings. The van der Waals surface area contributed by atoms with Gasteiger partial charge in [0.05, 0.1) is 5.02 Å². The van der Waals surface area contributed by atoms with Crippen molar-refractivity contribution in [1.82, 2.24) is 0 Å². The molecule has 0 aromatic heterocycles. The van der Waals surface area contributed by atoms with Crippen molar-refractivity contribution >= 4 is 55.1 Å². The summed E-state index contributed by atoms with van der Waals surface area (Å²) in [6.07, 6.45) is 0. The minimum Gasteiger partial charge on any atom is -0.370 e. The summed E-state index contributed by atoms with van der Waals surface area (Å²) >= 11 is 12.7. The van der Waals surface area contributed by atoms with Gasteiger partial charge in [-0.25, -0.2) is 0 Å². The van der Waals surface area contributed by atoms with Crippen LogP contribution in [0.15, 0.2) is 51.4 Å². The number of rotatable bonds is 4. The Kier molecular flexibility index (Phi) is 5.07. The van der Waals surface area contributed by atoms with Crippen molar-refractivity contribution in [1.29, 1.82) is 0 Å². The van der Waals surface area contributed by atoms with Gasteiger partial charge in [0.15, 0.2) is 0 Å². The van der Waals surface area contributed by atoms with Crippen LogP contribution in [-0.4, -0.2) is 5.91 Å². The number of carbonyl (C=O) groups is 1. The van der Waals surface area contributed by atoms with E-state index in [1.807, 2.05) is 24.3 Å². The lowest BCUT2D eigenvalue weighted by Gasteiger charge is -2.17. The molecule has 0 radical (unpaired) electrons. The minimum absolute atomic E-state index is 0.456. The normalized spacial score (nSPS) is 11.9. The van der Waals surface area contributed by atoms with E-state index < -0.39 is 11.9 Å². The Hall–Kier alpha value is -1.04. The molecule has 0 aliphatic carbocycles. The first-order chi connectivity index (χ1) is 9.47. The molecule has 20 heavy (non-hydrogen) atoms. The molecule has 2 rings (SSSR count). The zero-order valence-electron chi connectivity index (χ0n) is 10.2. The number of benzene rings is 2. The second-order valence-corrected chi connectivity index (χ2v) is 6.34. The Morgan fingerprint density at radius 1 is 1.15 bits per heavy atom. The molecule has 0 aliphatic rings. The van der Waals surface area contributed by atoms with Crippen molar-refractivity contribution in [2.45, 2.75) is 6.04 Å². The zero-order chi connectivity index (χ0) is 14.7. The molecule has 0 saturated heterocycles. The molecular formula is C14H11Br2ClN2O. The third-order valence-electron chi connectivity index (χ3n) is 2.72. The fourth-order valence-electron chi connectivity index (χ4n) is 1.72. The number of carbonyl (C=O) groups excluding carboxylic acids is 1. The first-order valence-electron chi connectivity index (χ1n) is 5.74. The van der Waals surface area contributed by atoms with Crippen molar-refractivity contribution in [3.8, 4) is 0 Å². The highest BCUT2D eigenvalue weighted by atomic mass is 79.9. The Morgan fingerprint density at radius 3 is 2.35 bits per heavy atom. The first-order valence-corrected chi connectivity index (χ1v) is 7.70. The summed E-state index contributed by atoms with van der Waals surface area (Å²) in [7, 11) is 0. The highest BCUT2D eigenvalue weighted by Gasteiger charge is 2.18. The summed E-state index contributed by atoms with van der Waals surface area (Å²) in [6.45, 7) is 0. The third kappa shape index (κ3) is 3.75. The molecule has 1 atom stereocenters. The molecule has 2 aromatic rings. The number of amides is 1. The lowest BCUT2D eigenvalue weighted by atomic mass is 10.1. The Balaban J connectivity index is 2.29. The molecule has 6 heteroatoms. The summed E-state index contributed by atoms with van der Waals surface area (Å²) in [4.78, 5) is 11.7. The highest BCUT2D eigenvalue weighted by molar-refractivity contribution is 9.10. The van der Waals surface area contributed by atoms with Gasteiger partial charge in [-0.05, 0) is 57.9 Å². The van der Waals surface area contributed by atoms with Gasteiger partial charge in [-0.1, -0.05) is 33.6 Å². The van der Waals surface area contributed by atoms with Gasteiger partial charge in [-0.2, -0.15) is 0 Å². The van der Waals surface area contributed by atoms with Gasteiger partial charge in [0.25, 0.3) is 0 Å². The van der Waals surface area contributed by atoms with E-state index in [2.05, 4.69) is 37.2 Å². The zero-order valence-corrected chi connectivity index (χ0v) is 14.2. The van der Waals surface area contributed by atoms with E-state index in [-0.39, 0.29) is 0 Å². The van der Waals surface area contributed by atoms with Crippen molar-refractivity contribution < 1.29 is 4.79 Å². The molecule has 1 unspecified atom stereocenters. The maximum Gasteiger partial charge on any atom is 0.244 e. The number of hydrogen-bond donors (Lipinski definition) is 2. The quantitative estimate of drug-likeness (QED) is 0.768. The Labute approximate surface area is 138 Å². The number of anilines is 1. The Morgan fingerprint density at radius 2 is 1.80 bits per heavy atom. The van der Waals surface area contributed by atoms with Crippen LogP contribution in [0.5, 0.6) is 0 Å². The average molecular weight is 419 g/mol. The lowest BCUT2D eigenvalue weighted by molar-refractivity contribution is -0.118. The van der Waals surface area contributed by atoms with Crippen LogP contribution in [0, 0.1) is 0 Å².